The molecule has 10 rings (SSSR count). The van der Waals surface area contributed by atoms with Crippen molar-refractivity contribution in [3.63, 3.8) is 0 Å². The SMILES string of the molecule is c1ccc(-c2nc(-c3ccccc3)nc(-c3cccc(-c4cccc(-c5cccc(-c6ccc7c(c6)Oc6cc8ccccc8cc6O7)c5)c4)c3)n2)cc1. The lowest BCUT2D eigenvalue weighted by Crippen LogP contribution is -2.00. The fourth-order valence-electron chi connectivity index (χ4n) is 6.98. The van der Waals surface area contributed by atoms with E-state index in [0.29, 0.717) is 29.0 Å². The Morgan fingerprint density at radius 1 is 0.241 bits per heavy atom. The van der Waals surface area contributed by atoms with Crippen LogP contribution in [0, 0.1) is 0 Å². The van der Waals surface area contributed by atoms with E-state index < -0.39 is 0 Å². The second-order valence-electron chi connectivity index (χ2n) is 13.3. The Balaban J connectivity index is 0.960. The van der Waals surface area contributed by atoms with Crippen molar-refractivity contribution in [3.8, 4) is 90.5 Å². The van der Waals surface area contributed by atoms with Gasteiger partial charge in [-0.3, -0.25) is 0 Å². The maximum Gasteiger partial charge on any atom is 0.170 e. The van der Waals surface area contributed by atoms with Crippen molar-refractivity contribution in [2.24, 2.45) is 0 Å². The highest BCUT2D eigenvalue weighted by Crippen LogP contribution is 2.48. The van der Waals surface area contributed by atoms with Crippen LogP contribution < -0.4 is 9.47 Å². The minimum atomic E-state index is 0.629. The van der Waals surface area contributed by atoms with Crippen LogP contribution >= 0.6 is 0 Å². The quantitative estimate of drug-likeness (QED) is 0.173. The second-order valence-corrected chi connectivity index (χ2v) is 13.3. The Morgan fingerprint density at radius 2 is 0.593 bits per heavy atom. The van der Waals surface area contributed by atoms with E-state index in [9.17, 15) is 0 Å². The van der Waals surface area contributed by atoms with Gasteiger partial charge < -0.3 is 9.47 Å². The molecule has 1 aliphatic rings. The average molecular weight is 694 g/mol. The van der Waals surface area contributed by atoms with Gasteiger partial charge in [0.05, 0.1) is 0 Å². The van der Waals surface area contributed by atoms with Crippen molar-refractivity contribution < 1.29 is 9.47 Å². The zero-order valence-corrected chi connectivity index (χ0v) is 29.1. The normalized spacial score (nSPS) is 11.6. The largest absolute Gasteiger partial charge is 0.449 e. The summed E-state index contributed by atoms with van der Waals surface area (Å²) in [6, 6.07) is 64.2. The van der Waals surface area contributed by atoms with Crippen LogP contribution in [-0.4, -0.2) is 15.0 Å². The van der Waals surface area contributed by atoms with Gasteiger partial charge in [0.1, 0.15) is 0 Å². The number of hydrogen-bond acceptors (Lipinski definition) is 5. The predicted molar refractivity (Wildman–Crippen MR) is 217 cm³/mol. The molecular formula is C49H31N3O2. The van der Waals surface area contributed by atoms with Crippen LogP contribution in [0.15, 0.2) is 188 Å². The lowest BCUT2D eigenvalue weighted by molar-refractivity contribution is 0.360. The molecule has 9 aromatic rings. The van der Waals surface area contributed by atoms with Gasteiger partial charge >= 0.3 is 0 Å². The molecule has 2 heterocycles. The summed E-state index contributed by atoms with van der Waals surface area (Å²) in [4.78, 5) is 14.8. The van der Waals surface area contributed by atoms with Crippen molar-refractivity contribution >= 4 is 10.8 Å². The summed E-state index contributed by atoms with van der Waals surface area (Å²) in [6.07, 6.45) is 0. The molecule has 0 saturated carbocycles. The van der Waals surface area contributed by atoms with E-state index in [4.69, 9.17) is 24.4 Å². The Labute approximate surface area is 312 Å². The van der Waals surface area contributed by atoms with Crippen molar-refractivity contribution in [2.75, 3.05) is 0 Å². The summed E-state index contributed by atoms with van der Waals surface area (Å²) in [5.41, 5.74) is 9.37. The highest BCUT2D eigenvalue weighted by atomic mass is 16.6. The minimum Gasteiger partial charge on any atom is -0.449 e. The zero-order chi connectivity index (χ0) is 35.8. The molecule has 0 aliphatic carbocycles. The monoisotopic (exact) mass is 693 g/mol. The summed E-state index contributed by atoms with van der Waals surface area (Å²) >= 11 is 0. The first-order valence-electron chi connectivity index (χ1n) is 17.9. The average Bonchev–Trinajstić information content (AvgIpc) is 3.25. The third-order valence-electron chi connectivity index (χ3n) is 9.74. The Morgan fingerprint density at radius 3 is 1.09 bits per heavy atom. The number of aromatic nitrogens is 3. The lowest BCUT2D eigenvalue weighted by Gasteiger charge is -2.22. The van der Waals surface area contributed by atoms with Crippen LogP contribution in [0.1, 0.15) is 0 Å². The fourth-order valence-corrected chi connectivity index (χ4v) is 6.98. The van der Waals surface area contributed by atoms with Crippen molar-refractivity contribution in [2.45, 2.75) is 0 Å². The van der Waals surface area contributed by atoms with Gasteiger partial charge in [0, 0.05) is 16.7 Å². The number of benzene rings is 8. The topological polar surface area (TPSA) is 57.1 Å². The standard InChI is InChI=1S/C49H31N3O2/c1-3-12-32(13-4-1)47-50-48(33-14-5-2-6-15-33)52-49(51-47)42-23-11-22-38(28-42)36-20-9-18-34(26-36)35-19-10-21-37(27-35)41-24-25-43-44(31-41)54-46-30-40-17-8-7-16-39(40)29-45(46)53-43/h1-31H. The molecule has 0 atom stereocenters. The predicted octanol–water partition coefficient (Wildman–Crippen LogP) is 12.9. The molecule has 0 amide bonds. The Kier molecular flexibility index (Phi) is 7.73. The summed E-state index contributed by atoms with van der Waals surface area (Å²) in [5, 5.41) is 2.23. The number of rotatable bonds is 6. The van der Waals surface area contributed by atoms with Crippen LogP contribution in [0.25, 0.3) is 78.3 Å². The van der Waals surface area contributed by atoms with Crippen molar-refractivity contribution in [3.05, 3.63) is 188 Å². The van der Waals surface area contributed by atoms with E-state index in [1.165, 1.54) is 0 Å². The maximum atomic E-state index is 6.39. The maximum absolute atomic E-state index is 6.39. The van der Waals surface area contributed by atoms with Gasteiger partial charge in [-0.25, -0.2) is 15.0 Å². The van der Waals surface area contributed by atoms with Crippen LogP contribution in [0.3, 0.4) is 0 Å². The van der Waals surface area contributed by atoms with E-state index in [2.05, 4.69) is 97.1 Å². The molecule has 5 nitrogen and oxygen atoms in total. The van der Waals surface area contributed by atoms with Gasteiger partial charge in [0.2, 0.25) is 0 Å². The van der Waals surface area contributed by atoms with E-state index in [0.717, 1.165) is 72.3 Å². The molecule has 254 valence electrons. The number of fused-ring (bicyclic) bond motifs is 3. The minimum absolute atomic E-state index is 0.629. The molecule has 0 unspecified atom stereocenters. The van der Waals surface area contributed by atoms with Gasteiger partial charge in [-0.15, -0.1) is 0 Å². The molecule has 0 radical (unpaired) electrons. The molecule has 0 bridgehead atoms. The number of hydrogen-bond donors (Lipinski definition) is 0. The van der Waals surface area contributed by atoms with E-state index in [1.54, 1.807) is 0 Å². The molecular weight excluding hydrogens is 663 g/mol. The zero-order valence-electron chi connectivity index (χ0n) is 29.1. The fraction of sp³-hybridized carbons (Fsp3) is 0. The van der Waals surface area contributed by atoms with Gasteiger partial charge in [-0.1, -0.05) is 146 Å². The first-order valence-corrected chi connectivity index (χ1v) is 17.9. The van der Waals surface area contributed by atoms with E-state index in [1.807, 2.05) is 91.0 Å². The second kappa shape index (κ2) is 13.3. The van der Waals surface area contributed by atoms with Gasteiger partial charge in [0.25, 0.3) is 0 Å². The van der Waals surface area contributed by atoms with Gasteiger partial charge in [-0.05, 0) is 86.6 Å². The number of ether oxygens (including phenoxy) is 2. The molecule has 1 aliphatic heterocycles. The highest BCUT2D eigenvalue weighted by molar-refractivity contribution is 5.87. The van der Waals surface area contributed by atoms with Gasteiger partial charge in [-0.2, -0.15) is 0 Å². The molecule has 1 aromatic heterocycles. The molecule has 0 N–H and O–H groups in total. The Bertz CT molecular complexity index is 2780. The summed E-state index contributed by atoms with van der Waals surface area (Å²) in [7, 11) is 0. The van der Waals surface area contributed by atoms with Crippen LogP contribution in [0.4, 0.5) is 0 Å². The molecule has 54 heavy (non-hydrogen) atoms. The summed E-state index contributed by atoms with van der Waals surface area (Å²) in [6.45, 7) is 0. The molecule has 8 aromatic carbocycles. The van der Waals surface area contributed by atoms with E-state index in [-0.39, 0.29) is 0 Å². The van der Waals surface area contributed by atoms with Crippen LogP contribution in [0.5, 0.6) is 23.0 Å². The molecule has 0 saturated heterocycles. The van der Waals surface area contributed by atoms with Crippen molar-refractivity contribution in [1.29, 1.82) is 0 Å². The smallest absolute Gasteiger partial charge is 0.170 e. The first-order chi connectivity index (χ1) is 26.7. The molecule has 0 spiro atoms. The molecule has 5 heteroatoms. The van der Waals surface area contributed by atoms with Crippen LogP contribution in [0.2, 0.25) is 0 Å². The third kappa shape index (κ3) is 6.04. The van der Waals surface area contributed by atoms with Crippen LogP contribution in [-0.2, 0) is 0 Å². The number of nitrogens with zero attached hydrogens (tertiary/aromatic N) is 3. The highest BCUT2D eigenvalue weighted by Gasteiger charge is 2.20. The summed E-state index contributed by atoms with van der Waals surface area (Å²) < 4.78 is 12.7. The lowest BCUT2D eigenvalue weighted by atomic mass is 9.95. The van der Waals surface area contributed by atoms with Gasteiger partial charge in [0.15, 0.2) is 40.5 Å². The summed E-state index contributed by atoms with van der Waals surface area (Å²) in [5.74, 6) is 4.77. The molecule has 0 fully saturated rings. The third-order valence-corrected chi connectivity index (χ3v) is 9.74. The van der Waals surface area contributed by atoms with E-state index >= 15 is 0 Å². The Hall–Kier alpha value is -7.37. The first kappa shape index (κ1) is 31.4. The van der Waals surface area contributed by atoms with Crippen molar-refractivity contribution in [1.82, 2.24) is 15.0 Å².